The Hall–Kier alpha value is -2.38. The minimum Gasteiger partial charge on any atom is -0.368 e. The highest BCUT2D eigenvalue weighted by Gasteiger charge is 2.18. The van der Waals surface area contributed by atoms with Gasteiger partial charge in [0.25, 0.3) is 5.91 Å². The van der Waals surface area contributed by atoms with Gasteiger partial charge in [-0.25, -0.2) is 0 Å². The number of benzene rings is 3. The van der Waals surface area contributed by atoms with Gasteiger partial charge in [-0.05, 0) is 54.5 Å². The van der Waals surface area contributed by atoms with Gasteiger partial charge in [0, 0.05) is 47.8 Å². The molecule has 3 aromatic rings. The lowest BCUT2D eigenvalue weighted by Gasteiger charge is -2.36. The smallest absolute Gasteiger partial charge is 0.258 e. The number of hydrogen-bond acceptors (Lipinski definition) is 4. The predicted molar refractivity (Wildman–Crippen MR) is 138 cm³/mol. The summed E-state index contributed by atoms with van der Waals surface area (Å²) in [5.41, 5.74) is 2.24. The van der Waals surface area contributed by atoms with Crippen molar-refractivity contribution in [3.8, 4) is 0 Å². The normalized spacial score (nSPS) is 14.4. The maximum atomic E-state index is 12.8. The van der Waals surface area contributed by atoms with Crippen molar-refractivity contribution < 1.29 is 4.79 Å². The molecule has 1 heterocycles. The van der Waals surface area contributed by atoms with E-state index in [0.717, 1.165) is 54.9 Å². The molecule has 0 radical (unpaired) electrons. The molecule has 0 aromatic heterocycles. The maximum Gasteiger partial charge on any atom is 0.258 e. The zero-order valence-electron chi connectivity index (χ0n) is 17.7. The van der Waals surface area contributed by atoms with Crippen LogP contribution in [0.3, 0.4) is 0 Å². The van der Waals surface area contributed by atoms with Crippen LogP contribution in [0.4, 0.5) is 11.4 Å². The van der Waals surface area contributed by atoms with Crippen LogP contribution in [0.5, 0.6) is 0 Å². The number of rotatable bonds is 4. The Morgan fingerprint density at radius 1 is 0.969 bits per heavy atom. The van der Waals surface area contributed by atoms with E-state index in [2.05, 4.69) is 27.4 Å². The van der Waals surface area contributed by atoms with Gasteiger partial charge in [0.2, 0.25) is 0 Å². The van der Waals surface area contributed by atoms with E-state index < -0.39 is 0 Å². The molecule has 32 heavy (non-hydrogen) atoms. The molecule has 0 atom stereocenters. The average molecular weight is 487 g/mol. The SMILES string of the molecule is CCN1CCN(c2ccc(NC(=S)NC(=O)c3cccc4c(Cl)cccc34)cc2Cl)CC1. The molecular formula is C24H24Cl2N4OS. The Morgan fingerprint density at radius 3 is 2.41 bits per heavy atom. The molecule has 0 saturated carbocycles. The molecule has 1 aliphatic heterocycles. The van der Waals surface area contributed by atoms with Crippen LogP contribution >= 0.6 is 35.4 Å². The quantitative estimate of drug-likeness (QED) is 0.482. The summed E-state index contributed by atoms with van der Waals surface area (Å²) in [5.74, 6) is -0.299. The van der Waals surface area contributed by atoms with Crippen LogP contribution in [0.15, 0.2) is 54.6 Å². The summed E-state index contributed by atoms with van der Waals surface area (Å²) >= 11 is 18.2. The van der Waals surface area contributed by atoms with Crippen LogP contribution in [0, 0.1) is 0 Å². The number of nitrogens with zero attached hydrogens (tertiary/aromatic N) is 2. The van der Waals surface area contributed by atoms with Gasteiger partial charge in [-0.2, -0.15) is 0 Å². The molecule has 1 amide bonds. The summed E-state index contributed by atoms with van der Waals surface area (Å²) in [6, 6.07) is 16.7. The second kappa shape index (κ2) is 10.0. The van der Waals surface area contributed by atoms with Crippen LogP contribution in [0.1, 0.15) is 17.3 Å². The van der Waals surface area contributed by atoms with Crippen molar-refractivity contribution in [2.24, 2.45) is 0 Å². The van der Waals surface area contributed by atoms with Gasteiger partial charge in [0.15, 0.2) is 5.11 Å². The van der Waals surface area contributed by atoms with E-state index in [-0.39, 0.29) is 11.0 Å². The second-order valence-electron chi connectivity index (χ2n) is 7.64. The van der Waals surface area contributed by atoms with E-state index in [4.69, 9.17) is 35.4 Å². The Kier molecular flexibility index (Phi) is 7.16. The Balaban J connectivity index is 1.42. The number of thiocarbonyl (C=S) groups is 1. The number of amides is 1. The van der Waals surface area contributed by atoms with Crippen molar-refractivity contribution in [2.45, 2.75) is 6.92 Å². The van der Waals surface area contributed by atoms with Crippen molar-refractivity contribution in [2.75, 3.05) is 42.9 Å². The van der Waals surface area contributed by atoms with Gasteiger partial charge in [-0.1, -0.05) is 54.4 Å². The summed E-state index contributed by atoms with van der Waals surface area (Å²) in [6.45, 7) is 7.21. The van der Waals surface area contributed by atoms with Crippen molar-refractivity contribution in [3.63, 3.8) is 0 Å². The number of halogens is 2. The maximum absolute atomic E-state index is 12.8. The molecule has 5 nitrogen and oxygen atoms in total. The fourth-order valence-electron chi connectivity index (χ4n) is 3.95. The third-order valence-electron chi connectivity index (χ3n) is 5.71. The minimum absolute atomic E-state index is 0.203. The monoisotopic (exact) mass is 486 g/mol. The number of nitrogens with one attached hydrogen (secondary N) is 2. The Labute approximate surface area is 203 Å². The fourth-order valence-corrected chi connectivity index (χ4v) is 4.70. The minimum atomic E-state index is -0.299. The number of anilines is 2. The second-order valence-corrected chi connectivity index (χ2v) is 8.86. The fraction of sp³-hybridized carbons (Fsp3) is 0.250. The van der Waals surface area contributed by atoms with Gasteiger partial charge < -0.3 is 15.1 Å². The van der Waals surface area contributed by atoms with E-state index in [1.165, 1.54) is 0 Å². The van der Waals surface area contributed by atoms with Crippen LogP contribution in [0.2, 0.25) is 10.0 Å². The first-order chi connectivity index (χ1) is 15.5. The van der Waals surface area contributed by atoms with Gasteiger partial charge in [0.1, 0.15) is 0 Å². The van der Waals surface area contributed by atoms with Gasteiger partial charge in [0.05, 0.1) is 10.7 Å². The molecule has 0 aliphatic carbocycles. The molecule has 3 aromatic carbocycles. The van der Waals surface area contributed by atoms with E-state index in [9.17, 15) is 4.79 Å². The van der Waals surface area contributed by atoms with Crippen molar-refractivity contribution in [1.29, 1.82) is 0 Å². The summed E-state index contributed by atoms with van der Waals surface area (Å²) in [6.07, 6.45) is 0. The van der Waals surface area contributed by atoms with Crippen molar-refractivity contribution in [1.82, 2.24) is 10.2 Å². The lowest BCUT2D eigenvalue weighted by Crippen LogP contribution is -2.46. The number of carbonyl (C=O) groups excluding carboxylic acids is 1. The summed E-state index contributed by atoms with van der Waals surface area (Å²) in [7, 11) is 0. The molecule has 2 N–H and O–H groups in total. The standard InChI is InChI=1S/C24H24Cl2N4OS/c1-2-29-11-13-30(14-12-29)22-10-9-16(15-21(22)26)27-24(32)28-23(31)19-7-3-6-18-17(19)5-4-8-20(18)25/h3-10,15H,2,11-14H2,1H3,(H2,27,28,31,32). The van der Waals surface area contributed by atoms with Gasteiger partial charge in [-0.15, -0.1) is 0 Å². The summed E-state index contributed by atoms with van der Waals surface area (Å²) in [4.78, 5) is 17.5. The topological polar surface area (TPSA) is 47.6 Å². The lowest BCUT2D eigenvalue weighted by atomic mass is 10.0. The van der Waals surface area contributed by atoms with E-state index in [1.54, 1.807) is 18.2 Å². The first kappa shape index (κ1) is 22.8. The number of likely N-dealkylation sites (N-methyl/N-ethyl adjacent to an activating group) is 1. The summed E-state index contributed by atoms with van der Waals surface area (Å²) in [5, 5.41) is 8.85. The zero-order valence-corrected chi connectivity index (χ0v) is 20.0. The zero-order chi connectivity index (χ0) is 22.7. The molecule has 4 rings (SSSR count). The number of hydrogen-bond donors (Lipinski definition) is 2. The lowest BCUT2D eigenvalue weighted by molar-refractivity contribution is 0.0979. The Bertz CT molecular complexity index is 1160. The molecule has 1 saturated heterocycles. The van der Waals surface area contributed by atoms with E-state index in [0.29, 0.717) is 15.6 Å². The largest absolute Gasteiger partial charge is 0.368 e. The molecule has 0 unspecified atom stereocenters. The number of piperazine rings is 1. The van der Waals surface area contributed by atoms with E-state index >= 15 is 0 Å². The molecule has 0 spiro atoms. The highest BCUT2D eigenvalue weighted by molar-refractivity contribution is 7.80. The van der Waals surface area contributed by atoms with Crippen LogP contribution in [-0.2, 0) is 0 Å². The third-order valence-corrected chi connectivity index (χ3v) is 6.54. The van der Waals surface area contributed by atoms with Crippen molar-refractivity contribution >= 4 is 68.6 Å². The highest BCUT2D eigenvalue weighted by atomic mass is 35.5. The molecule has 1 aliphatic rings. The average Bonchev–Trinajstić information content (AvgIpc) is 2.79. The molecular weight excluding hydrogens is 463 g/mol. The molecule has 8 heteroatoms. The van der Waals surface area contributed by atoms with Crippen LogP contribution < -0.4 is 15.5 Å². The van der Waals surface area contributed by atoms with Gasteiger partial charge >= 0.3 is 0 Å². The summed E-state index contributed by atoms with van der Waals surface area (Å²) < 4.78 is 0. The highest BCUT2D eigenvalue weighted by Crippen LogP contribution is 2.30. The van der Waals surface area contributed by atoms with E-state index in [1.807, 2.05) is 36.4 Å². The van der Waals surface area contributed by atoms with Gasteiger partial charge in [-0.3, -0.25) is 10.1 Å². The predicted octanol–water partition coefficient (Wildman–Crippen LogP) is 5.42. The Morgan fingerprint density at radius 2 is 1.69 bits per heavy atom. The van der Waals surface area contributed by atoms with Crippen LogP contribution in [0.25, 0.3) is 10.8 Å². The molecule has 0 bridgehead atoms. The molecule has 166 valence electrons. The third kappa shape index (κ3) is 4.99. The van der Waals surface area contributed by atoms with Crippen molar-refractivity contribution in [3.05, 3.63) is 70.2 Å². The molecule has 1 fully saturated rings. The number of fused-ring (bicyclic) bond motifs is 1. The first-order valence-electron chi connectivity index (χ1n) is 10.5. The first-order valence-corrected chi connectivity index (χ1v) is 11.7. The number of carbonyl (C=O) groups is 1. The van der Waals surface area contributed by atoms with Crippen LogP contribution in [-0.4, -0.2) is 48.6 Å².